The fraction of sp³-hybridized carbons (Fsp3) is 0.467. The summed E-state index contributed by atoms with van der Waals surface area (Å²) in [6.45, 7) is 2.27. The number of benzene rings is 1. The van der Waals surface area contributed by atoms with E-state index in [-0.39, 0.29) is 12.7 Å². The summed E-state index contributed by atoms with van der Waals surface area (Å²) in [5, 5.41) is 9.80. The quantitative estimate of drug-likeness (QED) is 0.822. The van der Waals surface area contributed by atoms with E-state index in [1.54, 1.807) is 6.33 Å². The molecule has 2 heterocycles. The van der Waals surface area contributed by atoms with Crippen molar-refractivity contribution in [1.29, 1.82) is 0 Å². The average Bonchev–Trinajstić information content (AvgIpc) is 2.53. The summed E-state index contributed by atoms with van der Waals surface area (Å²) in [5.41, 5.74) is 7.51. The Hall–Kier alpha value is -1.92. The standard InChI is InChI=1S/C15H20N4O2/c16-11-1-2-14-13(9-11)15(18-10-17-14)19-5-3-12(4-6-19)21-8-7-20/h1-2,9-10,12,20H,3-8,16H2. The Labute approximate surface area is 123 Å². The van der Waals surface area contributed by atoms with E-state index in [1.165, 1.54) is 0 Å². The third-order valence-electron chi connectivity index (χ3n) is 3.82. The summed E-state index contributed by atoms with van der Waals surface area (Å²) in [6, 6.07) is 5.71. The first-order valence-corrected chi connectivity index (χ1v) is 7.25. The van der Waals surface area contributed by atoms with Gasteiger partial charge in [0.05, 0.1) is 24.8 Å². The van der Waals surface area contributed by atoms with Crippen molar-refractivity contribution < 1.29 is 9.84 Å². The van der Waals surface area contributed by atoms with Crippen LogP contribution < -0.4 is 10.6 Å². The molecule has 1 saturated heterocycles. The molecule has 0 bridgehead atoms. The lowest BCUT2D eigenvalue weighted by Crippen LogP contribution is -2.38. The van der Waals surface area contributed by atoms with Crippen LogP contribution in [0.3, 0.4) is 0 Å². The van der Waals surface area contributed by atoms with Crippen molar-refractivity contribution in [3.8, 4) is 0 Å². The molecule has 1 aliphatic heterocycles. The number of hydrogen-bond donors (Lipinski definition) is 2. The van der Waals surface area contributed by atoms with E-state index in [9.17, 15) is 0 Å². The van der Waals surface area contributed by atoms with Crippen LogP contribution in [-0.4, -0.2) is 47.5 Å². The molecule has 1 aromatic heterocycles. The van der Waals surface area contributed by atoms with Crippen LogP contribution in [0, 0.1) is 0 Å². The van der Waals surface area contributed by atoms with Gasteiger partial charge in [0, 0.05) is 24.2 Å². The van der Waals surface area contributed by atoms with Crippen molar-refractivity contribution in [2.24, 2.45) is 0 Å². The van der Waals surface area contributed by atoms with Crippen LogP contribution in [0.2, 0.25) is 0 Å². The van der Waals surface area contributed by atoms with Crippen molar-refractivity contribution in [3.63, 3.8) is 0 Å². The molecule has 0 atom stereocenters. The highest BCUT2D eigenvalue weighted by atomic mass is 16.5. The predicted molar refractivity (Wildman–Crippen MR) is 82.2 cm³/mol. The molecule has 0 aliphatic carbocycles. The second-order valence-corrected chi connectivity index (χ2v) is 5.25. The maximum Gasteiger partial charge on any atom is 0.139 e. The predicted octanol–water partition coefficient (Wildman–Crippen LogP) is 1.19. The molecule has 0 spiro atoms. The highest BCUT2D eigenvalue weighted by Crippen LogP contribution is 2.27. The fourth-order valence-corrected chi connectivity index (χ4v) is 2.77. The molecule has 0 radical (unpaired) electrons. The fourth-order valence-electron chi connectivity index (χ4n) is 2.77. The molecule has 0 amide bonds. The molecule has 3 N–H and O–H groups in total. The van der Waals surface area contributed by atoms with Gasteiger partial charge in [-0.1, -0.05) is 0 Å². The Morgan fingerprint density at radius 1 is 1.29 bits per heavy atom. The van der Waals surface area contributed by atoms with E-state index in [2.05, 4.69) is 14.9 Å². The van der Waals surface area contributed by atoms with Crippen LogP contribution in [0.15, 0.2) is 24.5 Å². The summed E-state index contributed by atoms with van der Waals surface area (Å²) in [5.74, 6) is 0.938. The van der Waals surface area contributed by atoms with E-state index in [4.69, 9.17) is 15.6 Å². The molecule has 0 saturated carbocycles. The second-order valence-electron chi connectivity index (χ2n) is 5.25. The zero-order valence-electron chi connectivity index (χ0n) is 11.9. The lowest BCUT2D eigenvalue weighted by atomic mass is 10.1. The molecular formula is C15H20N4O2. The van der Waals surface area contributed by atoms with E-state index in [1.807, 2.05) is 18.2 Å². The minimum atomic E-state index is 0.0794. The largest absolute Gasteiger partial charge is 0.399 e. The number of aliphatic hydroxyl groups is 1. The Morgan fingerprint density at radius 2 is 2.10 bits per heavy atom. The number of fused-ring (bicyclic) bond motifs is 1. The Bertz CT molecular complexity index is 612. The highest BCUT2D eigenvalue weighted by Gasteiger charge is 2.22. The molecule has 1 aromatic carbocycles. The number of hydrogen-bond acceptors (Lipinski definition) is 6. The molecule has 1 aliphatic rings. The van der Waals surface area contributed by atoms with E-state index in [0.717, 1.165) is 48.3 Å². The van der Waals surface area contributed by atoms with Gasteiger partial charge in [-0.05, 0) is 31.0 Å². The van der Waals surface area contributed by atoms with Gasteiger partial charge in [-0.3, -0.25) is 0 Å². The van der Waals surface area contributed by atoms with Gasteiger partial charge in [-0.15, -0.1) is 0 Å². The molecule has 6 heteroatoms. The smallest absolute Gasteiger partial charge is 0.139 e. The third-order valence-corrected chi connectivity index (χ3v) is 3.82. The van der Waals surface area contributed by atoms with Crippen LogP contribution in [0.25, 0.3) is 10.9 Å². The first-order chi connectivity index (χ1) is 10.3. The van der Waals surface area contributed by atoms with Crippen molar-refractivity contribution in [1.82, 2.24) is 9.97 Å². The molecule has 1 fully saturated rings. The van der Waals surface area contributed by atoms with Gasteiger partial charge in [0.25, 0.3) is 0 Å². The Kier molecular flexibility index (Phi) is 4.17. The first-order valence-electron chi connectivity index (χ1n) is 7.25. The summed E-state index contributed by atoms with van der Waals surface area (Å²) >= 11 is 0. The number of ether oxygens (including phenoxy) is 1. The zero-order valence-corrected chi connectivity index (χ0v) is 11.9. The summed E-state index contributed by atoms with van der Waals surface area (Å²) in [4.78, 5) is 11.0. The van der Waals surface area contributed by atoms with Gasteiger partial charge >= 0.3 is 0 Å². The van der Waals surface area contributed by atoms with E-state index in [0.29, 0.717) is 6.61 Å². The number of rotatable bonds is 4. The average molecular weight is 288 g/mol. The van der Waals surface area contributed by atoms with Crippen LogP contribution in [0.4, 0.5) is 11.5 Å². The molecule has 0 unspecified atom stereocenters. The molecule has 2 aromatic rings. The summed E-state index contributed by atoms with van der Waals surface area (Å²) < 4.78 is 5.59. The normalized spacial score (nSPS) is 16.5. The van der Waals surface area contributed by atoms with Gasteiger partial charge in [-0.2, -0.15) is 0 Å². The minimum Gasteiger partial charge on any atom is -0.399 e. The summed E-state index contributed by atoms with van der Waals surface area (Å²) in [6.07, 6.45) is 3.70. The van der Waals surface area contributed by atoms with Crippen LogP contribution in [0.5, 0.6) is 0 Å². The van der Waals surface area contributed by atoms with Gasteiger partial charge < -0.3 is 20.5 Å². The molecule has 3 rings (SSSR count). The monoisotopic (exact) mass is 288 g/mol. The van der Waals surface area contributed by atoms with Crippen molar-refractivity contribution in [2.45, 2.75) is 18.9 Å². The van der Waals surface area contributed by atoms with Crippen molar-refractivity contribution >= 4 is 22.4 Å². The zero-order chi connectivity index (χ0) is 14.7. The number of nitrogens with two attached hydrogens (primary N) is 1. The topological polar surface area (TPSA) is 84.5 Å². The number of anilines is 2. The number of piperidine rings is 1. The van der Waals surface area contributed by atoms with E-state index < -0.39 is 0 Å². The minimum absolute atomic E-state index is 0.0794. The van der Waals surface area contributed by atoms with E-state index >= 15 is 0 Å². The maximum atomic E-state index is 8.81. The van der Waals surface area contributed by atoms with Gasteiger partial charge in [0.15, 0.2) is 0 Å². The van der Waals surface area contributed by atoms with Gasteiger partial charge in [0.1, 0.15) is 12.1 Å². The lowest BCUT2D eigenvalue weighted by molar-refractivity contribution is 0.0158. The van der Waals surface area contributed by atoms with Crippen LogP contribution >= 0.6 is 0 Å². The van der Waals surface area contributed by atoms with Crippen LogP contribution in [0.1, 0.15) is 12.8 Å². The number of aromatic nitrogens is 2. The van der Waals surface area contributed by atoms with Crippen molar-refractivity contribution in [2.75, 3.05) is 36.9 Å². The Balaban J connectivity index is 1.78. The highest BCUT2D eigenvalue weighted by molar-refractivity contribution is 5.91. The first kappa shape index (κ1) is 14.0. The number of nitrogens with zero attached hydrogens (tertiary/aromatic N) is 3. The number of nitrogen functional groups attached to an aromatic ring is 1. The lowest BCUT2D eigenvalue weighted by Gasteiger charge is -2.33. The molecule has 21 heavy (non-hydrogen) atoms. The Morgan fingerprint density at radius 3 is 2.86 bits per heavy atom. The molecular weight excluding hydrogens is 268 g/mol. The SMILES string of the molecule is Nc1ccc2ncnc(N3CCC(OCCO)CC3)c2c1. The number of aliphatic hydroxyl groups excluding tert-OH is 1. The van der Waals surface area contributed by atoms with Crippen LogP contribution in [-0.2, 0) is 4.74 Å². The summed E-state index contributed by atoms with van der Waals surface area (Å²) in [7, 11) is 0. The van der Waals surface area contributed by atoms with Crippen molar-refractivity contribution in [3.05, 3.63) is 24.5 Å². The second kappa shape index (κ2) is 6.24. The van der Waals surface area contributed by atoms with Gasteiger partial charge in [0.2, 0.25) is 0 Å². The molecule has 112 valence electrons. The molecule has 6 nitrogen and oxygen atoms in total. The third kappa shape index (κ3) is 3.06. The maximum absolute atomic E-state index is 8.81. The van der Waals surface area contributed by atoms with Gasteiger partial charge in [-0.25, -0.2) is 9.97 Å².